The first-order valence-corrected chi connectivity index (χ1v) is 3.68. The van der Waals surface area contributed by atoms with Crippen LogP contribution in [0.2, 0.25) is 0 Å². The van der Waals surface area contributed by atoms with Crippen molar-refractivity contribution in [3.05, 3.63) is 24.0 Å². The van der Waals surface area contributed by atoms with Gasteiger partial charge in [0.1, 0.15) is 5.75 Å². The number of benzene rings is 1. The Morgan fingerprint density at radius 1 is 0.933 bits per heavy atom. The van der Waals surface area contributed by atoms with Gasteiger partial charge in [0.15, 0.2) is 11.6 Å². The van der Waals surface area contributed by atoms with Crippen molar-refractivity contribution >= 4 is 0 Å². The van der Waals surface area contributed by atoms with Gasteiger partial charge in [-0.1, -0.05) is 0 Å². The van der Waals surface area contributed by atoms with Crippen molar-refractivity contribution in [1.82, 2.24) is 0 Å². The number of hydrogen-bond acceptors (Lipinski definition) is 2. The van der Waals surface area contributed by atoms with Crippen LogP contribution in [0.3, 0.4) is 0 Å². The van der Waals surface area contributed by atoms with Crippen molar-refractivity contribution in [1.29, 1.82) is 0 Å². The molecule has 0 bridgehead atoms. The lowest BCUT2D eigenvalue weighted by Gasteiger charge is -2.08. The van der Waals surface area contributed by atoms with E-state index in [1.165, 1.54) is 0 Å². The van der Waals surface area contributed by atoms with Crippen molar-refractivity contribution in [3.8, 4) is 11.5 Å². The Morgan fingerprint density at radius 3 is 2.00 bits per heavy atom. The van der Waals surface area contributed by atoms with E-state index in [9.17, 15) is 22.0 Å². The van der Waals surface area contributed by atoms with Gasteiger partial charge in [-0.2, -0.15) is 17.6 Å². The van der Waals surface area contributed by atoms with E-state index in [2.05, 4.69) is 9.47 Å². The van der Waals surface area contributed by atoms with E-state index in [4.69, 9.17) is 0 Å². The van der Waals surface area contributed by atoms with E-state index in [1.54, 1.807) is 0 Å². The molecule has 0 heterocycles. The highest BCUT2D eigenvalue weighted by atomic mass is 19.3. The lowest BCUT2D eigenvalue weighted by Crippen LogP contribution is -2.05. The summed E-state index contributed by atoms with van der Waals surface area (Å²) in [5, 5.41) is 0. The summed E-state index contributed by atoms with van der Waals surface area (Å²) in [7, 11) is 0. The fourth-order valence-corrected chi connectivity index (χ4v) is 0.849. The number of rotatable bonds is 4. The van der Waals surface area contributed by atoms with Gasteiger partial charge in [0.25, 0.3) is 0 Å². The molecule has 0 aliphatic rings. The van der Waals surface area contributed by atoms with Gasteiger partial charge in [0, 0.05) is 6.07 Å². The highest BCUT2D eigenvalue weighted by Crippen LogP contribution is 2.24. The minimum Gasteiger partial charge on any atom is -0.435 e. The molecule has 1 aromatic rings. The van der Waals surface area contributed by atoms with E-state index in [1.807, 2.05) is 0 Å². The summed E-state index contributed by atoms with van der Waals surface area (Å²) in [6.45, 7) is -6.28. The van der Waals surface area contributed by atoms with Gasteiger partial charge in [-0.15, -0.1) is 0 Å². The third-order valence-electron chi connectivity index (χ3n) is 1.34. The lowest BCUT2D eigenvalue weighted by molar-refractivity contribution is -0.0549. The molecule has 2 nitrogen and oxygen atoms in total. The number of halogens is 5. The van der Waals surface area contributed by atoms with Crippen LogP contribution >= 0.6 is 0 Å². The average molecular weight is 228 g/mol. The van der Waals surface area contributed by atoms with Gasteiger partial charge in [-0.05, 0) is 12.1 Å². The zero-order valence-corrected chi connectivity index (χ0v) is 7.09. The van der Waals surface area contributed by atoms with E-state index in [0.717, 1.165) is 12.1 Å². The molecule has 0 radical (unpaired) electrons. The summed E-state index contributed by atoms with van der Waals surface area (Å²) < 4.78 is 67.1. The van der Waals surface area contributed by atoms with Crippen molar-refractivity contribution in [2.45, 2.75) is 13.2 Å². The van der Waals surface area contributed by atoms with Crippen molar-refractivity contribution in [2.24, 2.45) is 0 Å². The normalized spacial score (nSPS) is 10.9. The molecular formula is C8H5F5O2. The summed E-state index contributed by atoms with van der Waals surface area (Å²) in [6, 6.07) is 2.20. The lowest BCUT2D eigenvalue weighted by atomic mass is 10.3. The molecule has 0 saturated carbocycles. The van der Waals surface area contributed by atoms with Gasteiger partial charge in [-0.3, -0.25) is 0 Å². The summed E-state index contributed by atoms with van der Waals surface area (Å²) >= 11 is 0. The smallest absolute Gasteiger partial charge is 0.387 e. The molecule has 0 amide bonds. The number of ether oxygens (including phenoxy) is 2. The molecule has 0 aliphatic carbocycles. The molecular weight excluding hydrogens is 223 g/mol. The molecule has 15 heavy (non-hydrogen) atoms. The molecule has 0 atom stereocenters. The average Bonchev–Trinajstić information content (AvgIpc) is 2.08. The molecule has 0 aromatic heterocycles. The molecule has 0 fully saturated rings. The Bertz CT molecular complexity index is 329. The monoisotopic (exact) mass is 228 g/mol. The molecule has 7 heteroatoms. The topological polar surface area (TPSA) is 18.5 Å². The highest BCUT2D eigenvalue weighted by molar-refractivity contribution is 5.33. The van der Waals surface area contributed by atoms with Crippen LogP contribution in [0.15, 0.2) is 18.2 Å². The second kappa shape index (κ2) is 4.81. The Balaban J connectivity index is 2.78. The van der Waals surface area contributed by atoms with Crippen molar-refractivity contribution in [3.63, 3.8) is 0 Å². The van der Waals surface area contributed by atoms with Gasteiger partial charge in [-0.25, -0.2) is 4.39 Å². The van der Waals surface area contributed by atoms with Gasteiger partial charge in [0.2, 0.25) is 0 Å². The minimum atomic E-state index is -3.18. The van der Waals surface area contributed by atoms with Crippen molar-refractivity contribution < 1.29 is 31.4 Å². The number of alkyl halides is 4. The SMILES string of the molecule is Fc1cc(OC(F)F)ccc1OC(F)F. The van der Waals surface area contributed by atoms with Crippen LogP contribution in [0, 0.1) is 5.82 Å². The largest absolute Gasteiger partial charge is 0.435 e. The van der Waals surface area contributed by atoms with Crippen LogP contribution < -0.4 is 9.47 Å². The Hall–Kier alpha value is -1.53. The number of hydrogen-bond donors (Lipinski definition) is 0. The van der Waals surface area contributed by atoms with Crippen LogP contribution in [0.5, 0.6) is 11.5 Å². The van der Waals surface area contributed by atoms with Gasteiger partial charge >= 0.3 is 13.2 Å². The maximum Gasteiger partial charge on any atom is 0.387 e. The first-order valence-electron chi connectivity index (χ1n) is 3.68. The summed E-state index contributed by atoms with van der Waals surface area (Å²) in [6.07, 6.45) is 0. The molecule has 84 valence electrons. The Kier molecular flexibility index (Phi) is 3.70. The fraction of sp³-hybridized carbons (Fsp3) is 0.250. The molecule has 0 unspecified atom stereocenters. The summed E-state index contributed by atoms with van der Waals surface area (Å²) in [5.41, 5.74) is 0. The highest BCUT2D eigenvalue weighted by Gasteiger charge is 2.12. The minimum absolute atomic E-state index is 0.468. The maximum absolute atomic E-state index is 12.9. The predicted octanol–water partition coefficient (Wildman–Crippen LogP) is 3.03. The first-order chi connectivity index (χ1) is 6.99. The van der Waals surface area contributed by atoms with Gasteiger partial charge < -0.3 is 9.47 Å². The quantitative estimate of drug-likeness (QED) is 0.737. The third kappa shape index (κ3) is 3.61. The Labute approximate surface area is 81.2 Å². The van der Waals surface area contributed by atoms with Crippen LogP contribution in [0.4, 0.5) is 22.0 Å². The molecule has 0 N–H and O–H groups in total. The maximum atomic E-state index is 12.9. The Morgan fingerprint density at radius 2 is 1.53 bits per heavy atom. The van der Waals surface area contributed by atoms with Crippen LogP contribution in [0.1, 0.15) is 0 Å². The van der Waals surface area contributed by atoms with Crippen LogP contribution in [-0.4, -0.2) is 13.2 Å². The zero-order valence-electron chi connectivity index (χ0n) is 7.09. The third-order valence-corrected chi connectivity index (χ3v) is 1.34. The van der Waals surface area contributed by atoms with E-state index >= 15 is 0 Å². The van der Waals surface area contributed by atoms with E-state index in [0.29, 0.717) is 6.07 Å². The zero-order chi connectivity index (χ0) is 11.4. The van der Waals surface area contributed by atoms with Crippen molar-refractivity contribution in [2.75, 3.05) is 0 Å². The molecule has 0 saturated heterocycles. The van der Waals surface area contributed by atoms with Crippen LogP contribution in [0.25, 0.3) is 0 Å². The molecule has 1 aromatic carbocycles. The standard InChI is InChI=1S/C8H5F5O2/c9-5-3-4(14-7(10)11)1-2-6(5)15-8(12)13/h1-3,7-8H. The molecule has 1 rings (SSSR count). The molecule has 0 spiro atoms. The van der Waals surface area contributed by atoms with Crippen LogP contribution in [-0.2, 0) is 0 Å². The van der Waals surface area contributed by atoms with Gasteiger partial charge in [0.05, 0.1) is 0 Å². The first kappa shape index (κ1) is 11.5. The fourth-order valence-electron chi connectivity index (χ4n) is 0.849. The summed E-state index contributed by atoms with van der Waals surface area (Å²) in [5.74, 6) is -2.40. The second-order valence-electron chi connectivity index (χ2n) is 2.35. The van der Waals surface area contributed by atoms with E-state index in [-0.39, 0.29) is 0 Å². The van der Waals surface area contributed by atoms with E-state index < -0.39 is 30.5 Å². The summed E-state index contributed by atoms with van der Waals surface area (Å²) in [4.78, 5) is 0. The molecule has 0 aliphatic heterocycles. The predicted molar refractivity (Wildman–Crippen MR) is 39.7 cm³/mol. The second-order valence-corrected chi connectivity index (χ2v) is 2.35.